The summed E-state index contributed by atoms with van der Waals surface area (Å²) in [5.74, 6) is -0.157. The maximum Gasteiger partial charge on any atom is 0.323 e. The van der Waals surface area contributed by atoms with E-state index in [-0.39, 0.29) is 0 Å². The van der Waals surface area contributed by atoms with E-state index in [9.17, 15) is 9.90 Å². The minimum absolute atomic E-state index is 0.381. The Morgan fingerprint density at radius 3 is 2.48 bits per heavy atom. The highest BCUT2D eigenvalue weighted by Crippen LogP contribution is 2.09. The molecule has 8 heteroatoms. The van der Waals surface area contributed by atoms with Crippen molar-refractivity contribution in [2.24, 2.45) is 0 Å². The summed E-state index contributed by atoms with van der Waals surface area (Å²) in [6.45, 7) is 4.70. The Bertz CT molecular complexity index is 693. The Labute approximate surface area is 158 Å². The second kappa shape index (κ2) is 9.96. The van der Waals surface area contributed by atoms with Gasteiger partial charge in [-0.3, -0.25) is 14.5 Å². The van der Waals surface area contributed by atoms with Crippen LogP contribution in [0.3, 0.4) is 0 Å². The van der Waals surface area contributed by atoms with E-state index in [1.165, 1.54) is 0 Å². The molecule has 0 saturated carbocycles. The van der Waals surface area contributed by atoms with Crippen LogP contribution in [0.15, 0.2) is 48.8 Å². The average molecular weight is 371 g/mol. The first-order valence-corrected chi connectivity index (χ1v) is 9.11. The molecule has 2 N–H and O–H groups in total. The lowest BCUT2D eigenvalue weighted by molar-refractivity contribution is -0.144. The molecule has 1 aliphatic rings. The van der Waals surface area contributed by atoms with Gasteiger partial charge in [0.25, 0.3) is 0 Å². The molecule has 1 aromatic heterocycles. The molecule has 0 spiro atoms. The fourth-order valence-corrected chi connectivity index (χ4v) is 2.99. The van der Waals surface area contributed by atoms with Gasteiger partial charge in [-0.2, -0.15) is 5.48 Å². The zero-order valence-electron chi connectivity index (χ0n) is 15.2. The number of anilines is 1. The van der Waals surface area contributed by atoms with Crippen LogP contribution in [0.2, 0.25) is 0 Å². The van der Waals surface area contributed by atoms with Gasteiger partial charge in [-0.25, -0.2) is 9.97 Å². The predicted octanol–water partition coefficient (Wildman–Crippen LogP) is 0.816. The van der Waals surface area contributed by atoms with Crippen molar-refractivity contribution < 1.29 is 14.7 Å². The van der Waals surface area contributed by atoms with Crippen molar-refractivity contribution in [3.05, 3.63) is 54.4 Å². The summed E-state index contributed by atoms with van der Waals surface area (Å²) < 4.78 is 0. The Morgan fingerprint density at radius 2 is 1.81 bits per heavy atom. The first-order valence-electron chi connectivity index (χ1n) is 9.11. The number of hydroxylamine groups is 1. The third-order valence-corrected chi connectivity index (χ3v) is 4.52. The lowest BCUT2D eigenvalue weighted by Crippen LogP contribution is -2.48. The summed E-state index contributed by atoms with van der Waals surface area (Å²) in [4.78, 5) is 29.8. The van der Waals surface area contributed by atoms with Gasteiger partial charge in [-0.05, 0) is 11.6 Å². The molecular weight excluding hydrogens is 346 g/mol. The molecule has 3 rings (SSSR count). The van der Waals surface area contributed by atoms with E-state index >= 15 is 0 Å². The largest absolute Gasteiger partial charge is 0.480 e. The van der Waals surface area contributed by atoms with E-state index in [4.69, 9.17) is 4.84 Å². The summed E-state index contributed by atoms with van der Waals surface area (Å²) in [7, 11) is 0. The summed E-state index contributed by atoms with van der Waals surface area (Å²) in [6, 6.07) is 10.6. The number of carboxylic acids is 1. The number of nitrogens with zero attached hydrogens (tertiary/aromatic N) is 4. The van der Waals surface area contributed by atoms with Gasteiger partial charge in [0.1, 0.15) is 6.04 Å². The number of aliphatic carboxylic acids is 1. The van der Waals surface area contributed by atoms with Gasteiger partial charge in [-0.1, -0.05) is 30.3 Å². The summed E-state index contributed by atoms with van der Waals surface area (Å²) in [6.07, 6.45) is 3.89. The monoisotopic (exact) mass is 371 g/mol. The van der Waals surface area contributed by atoms with Gasteiger partial charge in [0.2, 0.25) is 5.95 Å². The van der Waals surface area contributed by atoms with E-state index in [1.54, 1.807) is 12.4 Å². The number of benzene rings is 1. The van der Waals surface area contributed by atoms with Crippen LogP contribution in [0, 0.1) is 0 Å². The molecule has 2 heterocycles. The summed E-state index contributed by atoms with van der Waals surface area (Å²) in [5, 5.41) is 9.35. The van der Waals surface area contributed by atoms with Crippen molar-refractivity contribution in [3.8, 4) is 0 Å². The van der Waals surface area contributed by atoms with Crippen LogP contribution in [0.25, 0.3) is 0 Å². The molecule has 0 aliphatic carbocycles. The number of hydrogen-bond donors (Lipinski definition) is 2. The first-order chi connectivity index (χ1) is 13.2. The Balaban J connectivity index is 1.35. The molecule has 1 atom stereocenters. The number of rotatable bonds is 9. The van der Waals surface area contributed by atoms with Gasteiger partial charge in [-0.15, -0.1) is 0 Å². The minimum Gasteiger partial charge on any atom is -0.480 e. The second-order valence-corrected chi connectivity index (χ2v) is 6.42. The molecule has 144 valence electrons. The summed E-state index contributed by atoms with van der Waals surface area (Å²) >= 11 is 0. The highest BCUT2D eigenvalue weighted by atomic mass is 16.6. The third-order valence-electron chi connectivity index (χ3n) is 4.52. The molecule has 1 fully saturated rings. The van der Waals surface area contributed by atoms with E-state index in [1.807, 2.05) is 36.4 Å². The smallest absolute Gasteiger partial charge is 0.323 e. The first kappa shape index (κ1) is 19.2. The number of piperazine rings is 1. The Hall–Kier alpha value is -2.55. The maximum absolute atomic E-state index is 11.4. The van der Waals surface area contributed by atoms with Crippen LogP contribution in [0.5, 0.6) is 0 Å². The quantitative estimate of drug-likeness (QED) is 0.494. The average Bonchev–Trinajstić information content (AvgIpc) is 2.72. The van der Waals surface area contributed by atoms with Gasteiger partial charge >= 0.3 is 5.97 Å². The van der Waals surface area contributed by atoms with E-state index in [2.05, 4.69) is 25.2 Å². The zero-order valence-corrected chi connectivity index (χ0v) is 15.2. The molecule has 1 aliphatic heterocycles. The highest BCUT2D eigenvalue weighted by molar-refractivity contribution is 5.73. The van der Waals surface area contributed by atoms with Crippen LogP contribution in [-0.2, 0) is 16.1 Å². The molecule has 0 amide bonds. The lowest BCUT2D eigenvalue weighted by atomic mass is 10.1. The standard InChI is InChI=1S/C19H25N5O3/c25-18(26)17(15-16-5-2-1-3-6-16)22-27-14-13-23-9-11-24(12-10-23)19-20-7-4-8-21-19/h1-8,17,22H,9-15H2,(H,25,26)/t17-/m0/s1. The molecule has 0 radical (unpaired) electrons. The van der Waals surface area contributed by atoms with Gasteiger partial charge < -0.3 is 10.0 Å². The van der Waals surface area contributed by atoms with Crippen LogP contribution in [0.1, 0.15) is 5.56 Å². The van der Waals surface area contributed by atoms with Gasteiger partial charge in [0.05, 0.1) is 6.61 Å². The lowest BCUT2D eigenvalue weighted by Gasteiger charge is -2.34. The van der Waals surface area contributed by atoms with E-state index in [0.717, 1.165) is 44.2 Å². The Morgan fingerprint density at radius 1 is 1.11 bits per heavy atom. The number of carbonyl (C=O) groups is 1. The SMILES string of the molecule is O=C(O)[C@H](Cc1ccccc1)NOCCN1CCN(c2ncccn2)CC1. The fourth-order valence-electron chi connectivity index (χ4n) is 2.99. The molecule has 2 aromatic rings. The maximum atomic E-state index is 11.4. The normalized spacial score (nSPS) is 16.2. The predicted molar refractivity (Wildman–Crippen MR) is 101 cm³/mol. The van der Waals surface area contributed by atoms with Crippen LogP contribution in [0.4, 0.5) is 5.95 Å². The van der Waals surface area contributed by atoms with Crippen molar-refractivity contribution >= 4 is 11.9 Å². The van der Waals surface area contributed by atoms with E-state index < -0.39 is 12.0 Å². The number of carboxylic acid groups (broad SMARTS) is 1. The van der Waals surface area contributed by atoms with Crippen LogP contribution in [-0.4, -0.2) is 71.3 Å². The highest BCUT2D eigenvalue weighted by Gasteiger charge is 2.20. The molecular formula is C19H25N5O3. The zero-order chi connectivity index (χ0) is 18.9. The number of hydrogen-bond acceptors (Lipinski definition) is 7. The van der Waals surface area contributed by atoms with Crippen molar-refractivity contribution in [2.45, 2.75) is 12.5 Å². The van der Waals surface area contributed by atoms with Crippen LogP contribution < -0.4 is 10.4 Å². The van der Waals surface area contributed by atoms with Crippen molar-refractivity contribution in [2.75, 3.05) is 44.2 Å². The van der Waals surface area contributed by atoms with Gasteiger partial charge in [0.15, 0.2) is 0 Å². The molecule has 0 bridgehead atoms. The Kier molecular flexibility index (Phi) is 7.09. The summed E-state index contributed by atoms with van der Waals surface area (Å²) in [5.41, 5.74) is 3.64. The van der Waals surface area contributed by atoms with Crippen molar-refractivity contribution in [1.29, 1.82) is 0 Å². The van der Waals surface area contributed by atoms with Gasteiger partial charge in [0, 0.05) is 51.5 Å². The number of nitrogens with one attached hydrogen (secondary N) is 1. The molecule has 1 aromatic carbocycles. The second-order valence-electron chi connectivity index (χ2n) is 6.42. The minimum atomic E-state index is -0.921. The molecule has 8 nitrogen and oxygen atoms in total. The van der Waals surface area contributed by atoms with Crippen molar-refractivity contribution in [1.82, 2.24) is 20.3 Å². The van der Waals surface area contributed by atoms with E-state index in [0.29, 0.717) is 13.0 Å². The molecule has 0 unspecified atom stereocenters. The molecule has 27 heavy (non-hydrogen) atoms. The van der Waals surface area contributed by atoms with Crippen LogP contribution >= 0.6 is 0 Å². The third kappa shape index (κ3) is 5.99. The number of aromatic nitrogens is 2. The fraction of sp³-hybridized carbons (Fsp3) is 0.421. The topological polar surface area (TPSA) is 90.8 Å². The molecule has 1 saturated heterocycles. The van der Waals surface area contributed by atoms with Crippen molar-refractivity contribution in [3.63, 3.8) is 0 Å².